The van der Waals surface area contributed by atoms with Gasteiger partial charge in [-0.15, -0.1) is 0 Å². The molecule has 0 saturated heterocycles. The van der Waals surface area contributed by atoms with Crippen LogP contribution in [0.15, 0.2) is 12.4 Å². The number of rotatable bonds is 1. The Labute approximate surface area is 100 Å². The lowest BCUT2D eigenvalue weighted by Crippen LogP contribution is -2.23. The molecule has 1 aliphatic heterocycles. The lowest BCUT2D eigenvalue weighted by Gasteiger charge is -2.21. The second kappa shape index (κ2) is 3.61. The molecule has 3 heterocycles. The van der Waals surface area contributed by atoms with Gasteiger partial charge in [0.15, 0.2) is 0 Å². The largest absolute Gasteiger partial charge is 0.475 e. The molecule has 2 aromatic rings. The Hall–Kier alpha value is -1.78. The second-order valence-corrected chi connectivity index (χ2v) is 4.62. The van der Waals surface area contributed by atoms with E-state index in [0.717, 1.165) is 35.7 Å². The summed E-state index contributed by atoms with van der Waals surface area (Å²) in [6.45, 7) is 5.08. The summed E-state index contributed by atoms with van der Waals surface area (Å²) >= 11 is 0. The van der Waals surface area contributed by atoms with Crippen molar-refractivity contribution in [3.63, 3.8) is 0 Å². The van der Waals surface area contributed by atoms with Gasteiger partial charge in [0, 0.05) is 37.3 Å². The van der Waals surface area contributed by atoms with Crippen LogP contribution in [0, 0.1) is 6.92 Å². The van der Waals surface area contributed by atoms with Crippen LogP contribution >= 0.6 is 0 Å². The highest BCUT2D eigenvalue weighted by Gasteiger charge is 2.23. The van der Waals surface area contributed by atoms with Crippen molar-refractivity contribution in [3.8, 4) is 17.1 Å². The fraction of sp³-hybridized carbons (Fsp3) is 0.500. The fourth-order valence-electron chi connectivity index (χ4n) is 2.21. The van der Waals surface area contributed by atoms with Gasteiger partial charge < -0.3 is 4.74 Å². The smallest absolute Gasteiger partial charge is 0.215 e. The van der Waals surface area contributed by atoms with Crippen molar-refractivity contribution in [2.45, 2.75) is 32.9 Å². The lowest BCUT2D eigenvalue weighted by molar-refractivity contribution is 0.148. The first-order chi connectivity index (χ1) is 8.15. The predicted molar refractivity (Wildman–Crippen MR) is 63.9 cm³/mol. The van der Waals surface area contributed by atoms with Gasteiger partial charge in [0.1, 0.15) is 5.69 Å². The molecule has 1 atom stereocenters. The Morgan fingerprint density at radius 1 is 1.47 bits per heavy atom. The predicted octanol–water partition coefficient (Wildman–Crippen LogP) is 1.76. The van der Waals surface area contributed by atoms with Gasteiger partial charge in [-0.1, -0.05) is 0 Å². The third-order valence-corrected chi connectivity index (χ3v) is 3.17. The molecule has 0 saturated carbocycles. The lowest BCUT2D eigenvalue weighted by atomic mass is 10.1. The van der Waals surface area contributed by atoms with E-state index >= 15 is 0 Å². The van der Waals surface area contributed by atoms with Crippen molar-refractivity contribution in [2.24, 2.45) is 7.05 Å². The molecule has 0 spiro atoms. The Balaban J connectivity index is 2.08. The minimum atomic E-state index is 0.277. The molecule has 0 radical (unpaired) electrons. The Kier molecular flexibility index (Phi) is 2.21. The molecule has 3 rings (SSSR count). The highest BCUT2D eigenvalue weighted by molar-refractivity contribution is 5.63. The van der Waals surface area contributed by atoms with Gasteiger partial charge in [0.05, 0.1) is 12.3 Å². The number of aromatic nitrogens is 4. The van der Waals surface area contributed by atoms with Crippen molar-refractivity contribution >= 4 is 0 Å². The summed E-state index contributed by atoms with van der Waals surface area (Å²) in [7, 11) is 1.91. The highest BCUT2D eigenvalue weighted by Crippen LogP contribution is 2.32. The normalized spacial score (nSPS) is 18.9. The van der Waals surface area contributed by atoms with Crippen LogP contribution < -0.4 is 4.74 Å². The van der Waals surface area contributed by atoms with E-state index in [0.29, 0.717) is 0 Å². The quantitative estimate of drug-likeness (QED) is 0.752. The van der Waals surface area contributed by atoms with E-state index < -0.39 is 0 Å². The maximum absolute atomic E-state index is 5.84. The molecule has 2 aromatic heterocycles. The molecule has 0 bridgehead atoms. The summed E-state index contributed by atoms with van der Waals surface area (Å²) in [6.07, 6.45) is 5.11. The zero-order chi connectivity index (χ0) is 12.0. The molecular weight excluding hydrogens is 216 g/mol. The molecule has 0 amide bonds. The van der Waals surface area contributed by atoms with Crippen LogP contribution in [0.1, 0.15) is 18.9 Å². The summed E-state index contributed by atoms with van der Waals surface area (Å²) < 4.78 is 9.59. The summed E-state index contributed by atoms with van der Waals surface area (Å²) in [4.78, 5) is 0. The number of hydrogen-bond acceptors (Lipinski definition) is 3. The van der Waals surface area contributed by atoms with Gasteiger partial charge in [0.25, 0.3) is 0 Å². The third kappa shape index (κ3) is 1.62. The van der Waals surface area contributed by atoms with E-state index in [1.54, 1.807) is 4.68 Å². The van der Waals surface area contributed by atoms with Crippen LogP contribution in [0.3, 0.4) is 0 Å². The molecule has 0 aliphatic carbocycles. The number of ether oxygens (including phenoxy) is 1. The van der Waals surface area contributed by atoms with Crippen molar-refractivity contribution < 1.29 is 4.74 Å². The third-order valence-electron chi connectivity index (χ3n) is 3.17. The molecule has 1 aliphatic rings. The Bertz CT molecular complexity index is 555. The van der Waals surface area contributed by atoms with Crippen molar-refractivity contribution in [2.75, 3.05) is 0 Å². The first-order valence-electron chi connectivity index (χ1n) is 5.88. The summed E-state index contributed by atoms with van der Waals surface area (Å²) in [5, 5.41) is 8.79. The molecule has 17 heavy (non-hydrogen) atoms. The van der Waals surface area contributed by atoms with Crippen LogP contribution in [-0.2, 0) is 13.6 Å². The molecule has 5 heteroatoms. The molecule has 90 valence electrons. The zero-order valence-electron chi connectivity index (χ0n) is 10.3. The SMILES string of the molecule is Cc1c(-c2cnn(C)c2)nn2c1O[C@H](C)CC2. The monoisotopic (exact) mass is 232 g/mol. The first-order valence-corrected chi connectivity index (χ1v) is 5.88. The summed E-state index contributed by atoms with van der Waals surface area (Å²) in [5.41, 5.74) is 3.12. The molecule has 5 nitrogen and oxygen atoms in total. The number of aryl methyl sites for hydroxylation is 2. The Morgan fingerprint density at radius 2 is 2.29 bits per heavy atom. The Morgan fingerprint density at radius 3 is 3.00 bits per heavy atom. The topological polar surface area (TPSA) is 44.9 Å². The summed E-state index contributed by atoms with van der Waals surface area (Å²) in [5.74, 6) is 0.905. The van der Waals surface area contributed by atoms with E-state index in [1.165, 1.54) is 0 Å². The van der Waals surface area contributed by atoms with Crippen molar-refractivity contribution in [3.05, 3.63) is 18.0 Å². The van der Waals surface area contributed by atoms with E-state index in [9.17, 15) is 0 Å². The maximum atomic E-state index is 5.84. The number of fused-ring (bicyclic) bond motifs is 1. The molecule has 0 N–H and O–H groups in total. The van der Waals surface area contributed by atoms with Crippen molar-refractivity contribution in [1.82, 2.24) is 19.6 Å². The van der Waals surface area contributed by atoms with Gasteiger partial charge >= 0.3 is 0 Å². The van der Waals surface area contributed by atoms with Crippen LogP contribution in [0.5, 0.6) is 5.88 Å². The van der Waals surface area contributed by atoms with Crippen molar-refractivity contribution in [1.29, 1.82) is 0 Å². The van der Waals surface area contributed by atoms with Gasteiger partial charge in [-0.2, -0.15) is 10.2 Å². The molecule has 0 aromatic carbocycles. The maximum Gasteiger partial charge on any atom is 0.215 e. The van der Waals surface area contributed by atoms with E-state index in [4.69, 9.17) is 4.74 Å². The van der Waals surface area contributed by atoms with Crippen LogP contribution in [0.4, 0.5) is 0 Å². The zero-order valence-corrected chi connectivity index (χ0v) is 10.3. The number of hydrogen-bond donors (Lipinski definition) is 0. The first kappa shape index (κ1) is 10.4. The standard InChI is InChI=1S/C12H16N4O/c1-8-4-5-16-12(17-8)9(2)11(14-16)10-6-13-15(3)7-10/h6-8H,4-5H2,1-3H3/t8-/m1/s1. The summed E-state index contributed by atoms with van der Waals surface area (Å²) in [6, 6.07) is 0. The van der Waals surface area contributed by atoms with Gasteiger partial charge in [-0.25, -0.2) is 4.68 Å². The van der Waals surface area contributed by atoms with Gasteiger partial charge in [-0.05, 0) is 13.8 Å². The minimum Gasteiger partial charge on any atom is -0.475 e. The second-order valence-electron chi connectivity index (χ2n) is 4.62. The van der Waals surface area contributed by atoms with Gasteiger partial charge in [-0.3, -0.25) is 4.68 Å². The van der Waals surface area contributed by atoms with Crippen LogP contribution in [-0.4, -0.2) is 25.7 Å². The van der Waals surface area contributed by atoms with Crippen LogP contribution in [0.2, 0.25) is 0 Å². The molecule has 0 fully saturated rings. The fourth-order valence-corrected chi connectivity index (χ4v) is 2.21. The van der Waals surface area contributed by atoms with E-state index in [2.05, 4.69) is 24.0 Å². The van der Waals surface area contributed by atoms with E-state index in [1.807, 2.05) is 24.1 Å². The molecule has 0 unspecified atom stereocenters. The molecular formula is C12H16N4O. The minimum absolute atomic E-state index is 0.277. The average molecular weight is 232 g/mol. The van der Waals surface area contributed by atoms with Crippen LogP contribution in [0.25, 0.3) is 11.3 Å². The number of nitrogens with zero attached hydrogens (tertiary/aromatic N) is 4. The highest BCUT2D eigenvalue weighted by atomic mass is 16.5. The van der Waals surface area contributed by atoms with E-state index in [-0.39, 0.29) is 6.10 Å². The van der Waals surface area contributed by atoms with Gasteiger partial charge in [0.2, 0.25) is 5.88 Å². The average Bonchev–Trinajstić information content (AvgIpc) is 2.84.